The van der Waals surface area contributed by atoms with E-state index in [0.717, 1.165) is 16.4 Å². The molecule has 2 aromatic rings. The lowest BCUT2D eigenvalue weighted by Crippen LogP contribution is -2.47. The highest BCUT2D eigenvalue weighted by Crippen LogP contribution is 2.44. The molecule has 2 N–H and O–H groups in total. The number of carbonyl (C=O) groups excluding carboxylic acids is 1. The number of amides is 1. The highest BCUT2D eigenvalue weighted by molar-refractivity contribution is 7.92. The lowest BCUT2D eigenvalue weighted by molar-refractivity contribution is -0.138. The van der Waals surface area contributed by atoms with Crippen molar-refractivity contribution in [3.8, 4) is 5.75 Å². The van der Waals surface area contributed by atoms with E-state index in [-0.39, 0.29) is 50.7 Å². The van der Waals surface area contributed by atoms with Crippen LogP contribution in [0, 0.1) is 0 Å². The van der Waals surface area contributed by atoms with E-state index in [2.05, 4.69) is 5.32 Å². The van der Waals surface area contributed by atoms with E-state index in [1.165, 1.54) is 26.4 Å². The van der Waals surface area contributed by atoms with Gasteiger partial charge in [-0.1, -0.05) is 12.1 Å². The van der Waals surface area contributed by atoms with Crippen LogP contribution in [0.15, 0.2) is 42.5 Å². The summed E-state index contributed by atoms with van der Waals surface area (Å²) in [6.45, 7) is -0.494. The Labute approximate surface area is 224 Å². The minimum atomic E-state index is -4.59. The van der Waals surface area contributed by atoms with Crippen molar-refractivity contribution in [3.63, 3.8) is 0 Å². The Kier molecular flexibility index (Phi) is 8.26. The van der Waals surface area contributed by atoms with Gasteiger partial charge in [-0.05, 0) is 36.3 Å². The average molecular weight is 571 g/mol. The molecule has 0 aromatic heterocycles. The first kappa shape index (κ1) is 28.9. The Bertz CT molecular complexity index is 1370. The van der Waals surface area contributed by atoms with Crippen LogP contribution < -0.4 is 14.4 Å². The van der Waals surface area contributed by atoms with Crippen molar-refractivity contribution < 1.29 is 45.7 Å². The second kappa shape index (κ2) is 11.2. The number of fused-ring (bicyclic) bond motifs is 2. The van der Waals surface area contributed by atoms with Crippen molar-refractivity contribution in [2.75, 3.05) is 56.0 Å². The monoisotopic (exact) mass is 570 g/mol. The molecule has 4 rings (SSSR count). The zero-order valence-electron chi connectivity index (χ0n) is 21.4. The second-order valence-corrected chi connectivity index (χ2v) is 11.4. The van der Waals surface area contributed by atoms with Crippen LogP contribution >= 0.6 is 0 Å². The molecule has 2 heterocycles. The number of anilines is 2. The van der Waals surface area contributed by atoms with E-state index in [4.69, 9.17) is 14.2 Å². The summed E-state index contributed by atoms with van der Waals surface area (Å²) in [7, 11) is -0.752. The number of carbonyl (C=O) groups is 1. The number of halogens is 3. The molecule has 0 saturated heterocycles. The van der Waals surface area contributed by atoms with Gasteiger partial charge in [-0.25, -0.2) is 8.42 Å². The summed E-state index contributed by atoms with van der Waals surface area (Å²) in [5.41, 5.74) is 0.0553. The number of alkyl halides is 3. The molecule has 212 valence electrons. The molecular weight excluding hydrogens is 541 g/mol. The summed E-state index contributed by atoms with van der Waals surface area (Å²) < 4.78 is 83.0. The third-order valence-electron chi connectivity index (χ3n) is 6.54. The molecule has 0 atom stereocenters. The topological polar surface area (TPSA) is 114 Å². The van der Waals surface area contributed by atoms with E-state index in [0.29, 0.717) is 28.1 Å². The summed E-state index contributed by atoms with van der Waals surface area (Å²) in [5.74, 6) is -0.792. The molecule has 0 radical (unpaired) electrons. The van der Waals surface area contributed by atoms with E-state index < -0.39 is 33.3 Å². The molecule has 0 unspecified atom stereocenters. The van der Waals surface area contributed by atoms with E-state index >= 15 is 0 Å². The van der Waals surface area contributed by atoms with Crippen LogP contribution in [-0.4, -0.2) is 71.4 Å². The molecule has 2 aromatic carbocycles. The number of rotatable bonds is 8. The summed E-state index contributed by atoms with van der Waals surface area (Å²) >= 11 is 0. The van der Waals surface area contributed by atoms with E-state index in [1.54, 1.807) is 18.2 Å². The predicted octanol–water partition coefficient (Wildman–Crippen LogP) is 3.23. The summed E-state index contributed by atoms with van der Waals surface area (Å²) in [6.07, 6.45) is -3.02. The van der Waals surface area contributed by atoms with Crippen molar-refractivity contribution in [1.29, 1.82) is 0 Å². The number of β-amino-alcohol motifs (C(OH)–C–C–N with tert-alkyl or cyclic N) is 1. The van der Waals surface area contributed by atoms with Gasteiger partial charge in [-0.15, -0.1) is 0 Å². The zero-order chi connectivity index (χ0) is 28.4. The molecule has 0 spiro atoms. The number of nitrogens with one attached hydrogen (secondary N) is 1. The van der Waals surface area contributed by atoms with Gasteiger partial charge in [0, 0.05) is 43.5 Å². The predicted molar refractivity (Wildman–Crippen MR) is 138 cm³/mol. The largest absolute Gasteiger partial charge is 0.481 e. The van der Waals surface area contributed by atoms with E-state index in [1.807, 2.05) is 0 Å². The van der Waals surface area contributed by atoms with Crippen molar-refractivity contribution in [2.24, 2.45) is 0 Å². The molecule has 0 bridgehead atoms. The maximum absolute atomic E-state index is 13.4. The number of hydrogen-bond acceptors (Lipinski definition) is 7. The van der Waals surface area contributed by atoms with Crippen molar-refractivity contribution in [3.05, 3.63) is 59.2 Å². The maximum atomic E-state index is 13.4. The van der Waals surface area contributed by atoms with E-state index in [9.17, 15) is 31.5 Å². The van der Waals surface area contributed by atoms with Gasteiger partial charge < -0.3 is 24.6 Å². The Morgan fingerprint density at radius 1 is 1.21 bits per heavy atom. The van der Waals surface area contributed by atoms with Gasteiger partial charge in [-0.2, -0.15) is 13.2 Å². The standard InChI is InChI=1S/C26H29F3N2O7S/c1-36-15-25(16-37-2)14-17(19-7-6-18(26(27,28)29)13-23(19)38-25)12-24(33)30-21-4-3-5-22-20(21)8-11-39(34,35)31(22)9-10-32/h3-7,12-13,32H,8-11,14-16H2,1-2H3,(H,30,33)/b17-12+. The molecule has 2 aliphatic heterocycles. The number of sulfonamides is 1. The van der Waals surface area contributed by atoms with Gasteiger partial charge in [0.05, 0.1) is 43.4 Å². The Balaban J connectivity index is 1.71. The van der Waals surface area contributed by atoms with Gasteiger partial charge in [0.25, 0.3) is 0 Å². The third-order valence-corrected chi connectivity index (χ3v) is 8.31. The number of aliphatic hydroxyl groups excluding tert-OH is 1. The molecule has 9 nitrogen and oxygen atoms in total. The summed E-state index contributed by atoms with van der Waals surface area (Å²) in [4.78, 5) is 13.2. The van der Waals surface area contributed by atoms with Crippen molar-refractivity contribution >= 4 is 32.9 Å². The van der Waals surface area contributed by atoms with Crippen LogP contribution in [0.1, 0.15) is 23.1 Å². The van der Waals surface area contributed by atoms with Crippen LogP contribution in [0.3, 0.4) is 0 Å². The van der Waals surface area contributed by atoms with Gasteiger partial charge in [0.2, 0.25) is 15.9 Å². The number of hydrogen-bond donors (Lipinski definition) is 2. The number of aliphatic hydroxyl groups is 1. The molecule has 0 saturated carbocycles. The highest BCUT2D eigenvalue weighted by Gasteiger charge is 2.41. The first-order valence-electron chi connectivity index (χ1n) is 12.1. The molecule has 13 heteroatoms. The van der Waals surface area contributed by atoms with Gasteiger partial charge in [0.1, 0.15) is 5.75 Å². The average Bonchev–Trinajstić information content (AvgIpc) is 2.85. The van der Waals surface area contributed by atoms with Crippen molar-refractivity contribution in [1.82, 2.24) is 0 Å². The van der Waals surface area contributed by atoms with Crippen LogP contribution in [0.5, 0.6) is 5.75 Å². The quantitative estimate of drug-likeness (QED) is 0.469. The van der Waals surface area contributed by atoms with Crippen LogP contribution in [0.25, 0.3) is 5.57 Å². The third kappa shape index (κ3) is 6.06. The zero-order valence-corrected chi connectivity index (χ0v) is 22.2. The first-order valence-corrected chi connectivity index (χ1v) is 13.7. The minimum Gasteiger partial charge on any atom is -0.481 e. The smallest absolute Gasteiger partial charge is 0.416 e. The number of benzene rings is 2. The molecule has 0 fully saturated rings. The summed E-state index contributed by atoms with van der Waals surface area (Å²) in [5, 5.41) is 12.1. The Morgan fingerprint density at radius 3 is 2.56 bits per heavy atom. The fraction of sp³-hybridized carbons (Fsp3) is 0.423. The number of nitrogens with zero attached hydrogens (tertiary/aromatic N) is 1. The fourth-order valence-electron chi connectivity index (χ4n) is 4.97. The molecule has 2 aliphatic rings. The lowest BCUT2D eigenvalue weighted by atomic mass is 9.86. The van der Waals surface area contributed by atoms with Crippen molar-refractivity contribution in [2.45, 2.75) is 24.6 Å². The Morgan fingerprint density at radius 2 is 1.92 bits per heavy atom. The van der Waals surface area contributed by atoms with Gasteiger partial charge >= 0.3 is 6.18 Å². The van der Waals surface area contributed by atoms with Crippen LogP contribution in [0.2, 0.25) is 0 Å². The normalized spacial score (nSPS) is 18.7. The SMILES string of the molecule is COCC1(COC)C/C(=C\C(=O)Nc2cccc3c2CCS(=O)(=O)N3CCO)c2ccc(C(F)(F)F)cc2O1. The highest BCUT2D eigenvalue weighted by atomic mass is 32.2. The lowest BCUT2D eigenvalue weighted by Gasteiger charge is -2.39. The first-order chi connectivity index (χ1) is 18.4. The molecule has 39 heavy (non-hydrogen) atoms. The minimum absolute atomic E-state index is 0.00313. The maximum Gasteiger partial charge on any atom is 0.416 e. The number of ether oxygens (including phenoxy) is 3. The van der Waals surface area contributed by atoms with Gasteiger partial charge in [-0.3, -0.25) is 9.10 Å². The Hall–Kier alpha value is -3.13. The summed E-state index contributed by atoms with van der Waals surface area (Å²) in [6, 6.07) is 7.92. The molecule has 0 aliphatic carbocycles. The van der Waals surface area contributed by atoms with Gasteiger partial charge in [0.15, 0.2) is 5.60 Å². The van der Waals surface area contributed by atoms with Crippen LogP contribution in [-0.2, 0) is 36.9 Å². The second-order valence-electron chi connectivity index (χ2n) is 9.36. The molecular formula is C26H29F3N2O7S. The van der Waals surface area contributed by atoms with Crippen LogP contribution in [0.4, 0.5) is 24.5 Å². The number of methoxy groups -OCH3 is 2. The molecule has 1 amide bonds. The fourth-order valence-corrected chi connectivity index (χ4v) is 6.49.